The Bertz CT molecular complexity index is 580. The predicted octanol–water partition coefficient (Wildman–Crippen LogP) is 2.56. The van der Waals surface area contributed by atoms with E-state index in [0.717, 1.165) is 36.6 Å². The number of anilines is 1. The normalized spacial score (nSPS) is 29.1. The van der Waals surface area contributed by atoms with Crippen molar-refractivity contribution in [1.82, 2.24) is 4.90 Å². The van der Waals surface area contributed by atoms with Crippen LogP contribution in [0.15, 0.2) is 18.2 Å². The maximum absolute atomic E-state index is 12.9. The maximum Gasteiger partial charge on any atom is 0.179 e. The van der Waals surface area contributed by atoms with E-state index in [1.807, 2.05) is 32.0 Å². The smallest absolute Gasteiger partial charge is 0.179 e. The van der Waals surface area contributed by atoms with Crippen LogP contribution in [0.1, 0.15) is 38.1 Å². The summed E-state index contributed by atoms with van der Waals surface area (Å²) in [5.41, 5.74) is 1.64. The van der Waals surface area contributed by atoms with Crippen molar-refractivity contribution in [1.29, 1.82) is 0 Å². The summed E-state index contributed by atoms with van der Waals surface area (Å²) < 4.78 is 11.5. The highest BCUT2D eigenvalue weighted by molar-refractivity contribution is 6.01. The van der Waals surface area contributed by atoms with Gasteiger partial charge < -0.3 is 14.8 Å². The molecule has 0 saturated carbocycles. The number of rotatable bonds is 3. The zero-order valence-corrected chi connectivity index (χ0v) is 14.3. The Morgan fingerprint density at radius 2 is 1.91 bits per heavy atom. The molecule has 0 aromatic heterocycles. The molecule has 2 aliphatic heterocycles. The molecule has 0 bridgehead atoms. The number of Topliss-reactive ketones (excluding diaryl/α,β-unsaturated/α-hetero) is 1. The van der Waals surface area contributed by atoms with Crippen molar-refractivity contribution in [2.24, 2.45) is 0 Å². The van der Waals surface area contributed by atoms with Gasteiger partial charge in [0.1, 0.15) is 11.9 Å². The van der Waals surface area contributed by atoms with E-state index in [4.69, 9.17) is 9.47 Å². The third kappa shape index (κ3) is 3.51. The topological polar surface area (TPSA) is 50.8 Å². The lowest BCUT2D eigenvalue weighted by molar-refractivity contribution is -0.0744. The second-order valence-corrected chi connectivity index (χ2v) is 6.77. The van der Waals surface area contributed by atoms with Gasteiger partial charge in [-0.05, 0) is 45.9 Å². The van der Waals surface area contributed by atoms with E-state index in [2.05, 4.69) is 24.1 Å². The van der Waals surface area contributed by atoms with E-state index in [1.165, 1.54) is 0 Å². The van der Waals surface area contributed by atoms with Crippen LogP contribution in [-0.2, 0) is 4.74 Å². The van der Waals surface area contributed by atoms with Crippen LogP contribution in [0.4, 0.5) is 5.69 Å². The zero-order chi connectivity index (χ0) is 16.6. The molecule has 3 rings (SSSR count). The Morgan fingerprint density at radius 3 is 2.61 bits per heavy atom. The van der Waals surface area contributed by atoms with Gasteiger partial charge in [-0.3, -0.25) is 9.69 Å². The minimum atomic E-state index is -0.148. The summed E-state index contributed by atoms with van der Waals surface area (Å²) in [6.07, 6.45) is 0.475. The molecule has 5 heteroatoms. The van der Waals surface area contributed by atoms with Crippen molar-refractivity contribution in [2.75, 3.05) is 25.0 Å². The lowest BCUT2D eigenvalue weighted by Crippen LogP contribution is -2.51. The molecule has 2 heterocycles. The van der Waals surface area contributed by atoms with Crippen LogP contribution in [0, 0.1) is 0 Å². The van der Waals surface area contributed by atoms with E-state index < -0.39 is 0 Å². The molecule has 126 valence electrons. The monoisotopic (exact) mass is 318 g/mol. The Kier molecular flexibility index (Phi) is 4.60. The quantitative estimate of drug-likeness (QED) is 0.868. The van der Waals surface area contributed by atoms with E-state index in [9.17, 15) is 4.79 Å². The first-order chi connectivity index (χ1) is 10.9. The number of benzene rings is 1. The number of ether oxygens (including phenoxy) is 2. The molecule has 1 fully saturated rings. The van der Waals surface area contributed by atoms with Gasteiger partial charge in [0.15, 0.2) is 5.78 Å². The van der Waals surface area contributed by atoms with Crippen LogP contribution >= 0.6 is 0 Å². The van der Waals surface area contributed by atoms with E-state index >= 15 is 0 Å². The van der Waals surface area contributed by atoms with Gasteiger partial charge in [0.25, 0.3) is 0 Å². The first-order valence-electron chi connectivity index (χ1n) is 8.42. The summed E-state index contributed by atoms with van der Waals surface area (Å²) in [5.74, 6) is 0.969. The molecule has 0 spiro atoms. The fourth-order valence-corrected chi connectivity index (χ4v) is 3.38. The van der Waals surface area contributed by atoms with Crippen LogP contribution in [0.5, 0.6) is 5.75 Å². The summed E-state index contributed by atoms with van der Waals surface area (Å²) >= 11 is 0. The summed E-state index contributed by atoms with van der Waals surface area (Å²) in [7, 11) is 0. The van der Waals surface area contributed by atoms with Gasteiger partial charge in [-0.1, -0.05) is 0 Å². The number of hydrogen-bond donors (Lipinski definition) is 1. The maximum atomic E-state index is 12.9. The molecule has 1 N–H and O–H groups in total. The van der Waals surface area contributed by atoms with Gasteiger partial charge in [-0.15, -0.1) is 0 Å². The Balaban J connectivity index is 1.75. The van der Waals surface area contributed by atoms with Crippen LogP contribution in [0.2, 0.25) is 0 Å². The van der Waals surface area contributed by atoms with Crippen LogP contribution in [-0.4, -0.2) is 54.7 Å². The predicted molar refractivity (Wildman–Crippen MR) is 90.4 cm³/mol. The molecule has 5 nitrogen and oxygen atoms in total. The van der Waals surface area contributed by atoms with Crippen molar-refractivity contribution in [2.45, 2.75) is 52.0 Å². The summed E-state index contributed by atoms with van der Waals surface area (Å²) in [6.45, 7) is 10.5. The number of morpholine rings is 1. The standard InChI is InChI=1S/C18H26N2O3/c1-11-8-19-16-7-15(5-6-17(16)23-11)18(21)14(4)20-9-12(2)22-13(3)10-20/h5-7,11-14,19H,8-10H2,1-4H3. The molecule has 4 atom stereocenters. The van der Waals surface area contributed by atoms with E-state index in [1.54, 1.807) is 0 Å². The van der Waals surface area contributed by atoms with Crippen LogP contribution in [0.3, 0.4) is 0 Å². The molecular formula is C18H26N2O3. The Labute approximate surface area is 137 Å². The first kappa shape index (κ1) is 16.3. The lowest BCUT2D eigenvalue weighted by Gasteiger charge is -2.38. The van der Waals surface area contributed by atoms with E-state index in [0.29, 0.717) is 0 Å². The van der Waals surface area contributed by atoms with E-state index in [-0.39, 0.29) is 30.1 Å². The minimum absolute atomic E-state index is 0.148. The number of fused-ring (bicyclic) bond motifs is 1. The summed E-state index contributed by atoms with van der Waals surface area (Å²) in [6, 6.07) is 5.52. The van der Waals surface area contributed by atoms with Gasteiger partial charge in [0.2, 0.25) is 0 Å². The fourth-order valence-electron chi connectivity index (χ4n) is 3.38. The molecule has 23 heavy (non-hydrogen) atoms. The molecular weight excluding hydrogens is 292 g/mol. The molecule has 2 aliphatic rings. The number of nitrogens with zero attached hydrogens (tertiary/aromatic N) is 1. The van der Waals surface area contributed by atoms with Gasteiger partial charge in [-0.2, -0.15) is 0 Å². The highest BCUT2D eigenvalue weighted by Crippen LogP contribution is 2.30. The molecule has 0 aliphatic carbocycles. The van der Waals surface area contributed by atoms with Gasteiger partial charge in [0, 0.05) is 18.7 Å². The number of hydrogen-bond acceptors (Lipinski definition) is 5. The van der Waals surface area contributed by atoms with Crippen molar-refractivity contribution >= 4 is 11.5 Å². The SMILES string of the molecule is CC1CNc2cc(C(=O)C(C)N3CC(C)OC(C)C3)ccc2O1. The molecule has 1 aromatic carbocycles. The van der Waals surface area contributed by atoms with Gasteiger partial charge in [-0.25, -0.2) is 0 Å². The second kappa shape index (κ2) is 6.49. The highest BCUT2D eigenvalue weighted by Gasteiger charge is 2.30. The molecule has 4 unspecified atom stereocenters. The lowest BCUT2D eigenvalue weighted by atomic mass is 10.0. The van der Waals surface area contributed by atoms with Crippen molar-refractivity contribution in [3.63, 3.8) is 0 Å². The van der Waals surface area contributed by atoms with Crippen molar-refractivity contribution in [3.8, 4) is 5.75 Å². The van der Waals surface area contributed by atoms with Crippen LogP contribution in [0.25, 0.3) is 0 Å². The third-order valence-corrected chi connectivity index (χ3v) is 4.55. The van der Waals surface area contributed by atoms with Gasteiger partial charge >= 0.3 is 0 Å². The number of carbonyl (C=O) groups is 1. The number of ketones is 1. The Hall–Kier alpha value is -1.59. The van der Waals surface area contributed by atoms with Crippen LogP contribution < -0.4 is 10.1 Å². The summed E-state index contributed by atoms with van der Waals surface area (Å²) in [4.78, 5) is 15.1. The second-order valence-electron chi connectivity index (χ2n) is 6.77. The average molecular weight is 318 g/mol. The first-order valence-corrected chi connectivity index (χ1v) is 8.42. The minimum Gasteiger partial charge on any atom is -0.487 e. The molecule has 0 radical (unpaired) electrons. The zero-order valence-electron chi connectivity index (χ0n) is 14.3. The number of nitrogens with one attached hydrogen (secondary N) is 1. The molecule has 1 aromatic rings. The largest absolute Gasteiger partial charge is 0.487 e. The Morgan fingerprint density at radius 1 is 1.22 bits per heavy atom. The van der Waals surface area contributed by atoms with Crippen molar-refractivity contribution in [3.05, 3.63) is 23.8 Å². The molecule has 0 amide bonds. The number of carbonyl (C=O) groups excluding carboxylic acids is 1. The van der Waals surface area contributed by atoms with Crippen molar-refractivity contribution < 1.29 is 14.3 Å². The highest BCUT2D eigenvalue weighted by atomic mass is 16.5. The van der Waals surface area contributed by atoms with Gasteiger partial charge in [0.05, 0.1) is 30.5 Å². The molecule has 1 saturated heterocycles. The fraction of sp³-hybridized carbons (Fsp3) is 0.611. The summed E-state index contributed by atoms with van der Waals surface area (Å²) in [5, 5.41) is 3.33. The average Bonchev–Trinajstić information content (AvgIpc) is 2.52. The third-order valence-electron chi connectivity index (χ3n) is 4.55.